The molecule has 0 aromatic carbocycles. The Bertz CT molecular complexity index is 1190. The lowest BCUT2D eigenvalue weighted by atomic mass is 10.1. The standard InChI is InChI=1S/C14H9F2N7O2/c15-13(16)23-6-7(4-19-23)8-3-10(21-22-2-1-17-11(8)22)9-5-18-14(25)20-12(9)24/h1-6,13H,(H2,18,20,24,25). The van der Waals surface area contributed by atoms with E-state index in [4.69, 9.17) is 0 Å². The van der Waals surface area contributed by atoms with Crippen molar-refractivity contribution >= 4 is 5.65 Å². The van der Waals surface area contributed by atoms with E-state index in [9.17, 15) is 18.4 Å². The van der Waals surface area contributed by atoms with Crippen molar-refractivity contribution in [2.24, 2.45) is 0 Å². The summed E-state index contributed by atoms with van der Waals surface area (Å²) in [5.74, 6) is 0. The molecule has 126 valence electrons. The second kappa shape index (κ2) is 5.47. The van der Waals surface area contributed by atoms with Crippen molar-refractivity contribution in [3.63, 3.8) is 0 Å². The fourth-order valence-electron chi connectivity index (χ4n) is 2.44. The van der Waals surface area contributed by atoms with Gasteiger partial charge in [-0.2, -0.15) is 19.0 Å². The van der Waals surface area contributed by atoms with Crippen molar-refractivity contribution in [2.45, 2.75) is 6.55 Å². The Balaban J connectivity index is 1.96. The van der Waals surface area contributed by atoms with Gasteiger partial charge in [-0.3, -0.25) is 9.78 Å². The molecule has 0 amide bonds. The third kappa shape index (κ3) is 2.51. The molecule has 0 radical (unpaired) electrons. The first-order valence-electron chi connectivity index (χ1n) is 7.02. The molecule has 0 saturated heterocycles. The Morgan fingerprint density at radius 2 is 2.04 bits per heavy atom. The number of aromatic nitrogens is 7. The molecule has 0 aliphatic rings. The molecule has 2 N–H and O–H groups in total. The van der Waals surface area contributed by atoms with Crippen LogP contribution in [0, 0.1) is 0 Å². The Morgan fingerprint density at radius 3 is 2.76 bits per heavy atom. The smallest absolute Gasteiger partial charge is 0.313 e. The zero-order valence-corrected chi connectivity index (χ0v) is 12.3. The average Bonchev–Trinajstić information content (AvgIpc) is 3.23. The van der Waals surface area contributed by atoms with Gasteiger partial charge in [-0.25, -0.2) is 19.0 Å². The van der Waals surface area contributed by atoms with Crippen LogP contribution in [0.2, 0.25) is 0 Å². The largest absolute Gasteiger partial charge is 0.333 e. The second-order valence-electron chi connectivity index (χ2n) is 5.11. The number of hydrogen-bond donors (Lipinski definition) is 2. The number of fused-ring (bicyclic) bond motifs is 1. The van der Waals surface area contributed by atoms with Crippen LogP contribution in [0.5, 0.6) is 0 Å². The SMILES string of the molecule is O=c1[nH]cc(-c2cc(-c3cnn(C(F)F)c3)c3nccn3n2)c(=O)[nH]1. The van der Waals surface area contributed by atoms with Crippen molar-refractivity contribution in [1.29, 1.82) is 0 Å². The van der Waals surface area contributed by atoms with Gasteiger partial charge in [-0.1, -0.05) is 0 Å². The molecule has 0 spiro atoms. The van der Waals surface area contributed by atoms with Gasteiger partial charge in [0.15, 0.2) is 5.65 Å². The molecule has 25 heavy (non-hydrogen) atoms. The number of H-pyrrole nitrogens is 2. The first-order valence-corrected chi connectivity index (χ1v) is 7.02. The molecule has 4 aromatic heterocycles. The van der Waals surface area contributed by atoms with Crippen LogP contribution in [0.4, 0.5) is 8.78 Å². The van der Waals surface area contributed by atoms with Gasteiger partial charge in [0, 0.05) is 35.9 Å². The van der Waals surface area contributed by atoms with Gasteiger partial charge >= 0.3 is 12.2 Å². The lowest BCUT2D eigenvalue weighted by Gasteiger charge is -2.05. The average molecular weight is 345 g/mol. The number of nitrogens with one attached hydrogen (secondary N) is 2. The van der Waals surface area contributed by atoms with Crippen LogP contribution in [0.15, 0.2) is 46.6 Å². The van der Waals surface area contributed by atoms with E-state index in [0.717, 1.165) is 0 Å². The van der Waals surface area contributed by atoms with Crippen molar-refractivity contribution in [3.05, 3.63) is 57.9 Å². The van der Waals surface area contributed by atoms with Gasteiger partial charge in [0.05, 0.1) is 17.5 Å². The lowest BCUT2D eigenvalue weighted by molar-refractivity contribution is 0.0566. The van der Waals surface area contributed by atoms with Crippen LogP contribution >= 0.6 is 0 Å². The van der Waals surface area contributed by atoms with Crippen LogP contribution in [0.25, 0.3) is 28.0 Å². The summed E-state index contributed by atoms with van der Waals surface area (Å²) in [5, 5.41) is 7.87. The lowest BCUT2D eigenvalue weighted by Crippen LogP contribution is -2.23. The zero-order chi connectivity index (χ0) is 17.6. The molecule has 4 heterocycles. The van der Waals surface area contributed by atoms with Crippen LogP contribution in [0.1, 0.15) is 6.55 Å². The maximum absolute atomic E-state index is 12.8. The summed E-state index contributed by atoms with van der Waals surface area (Å²) in [6.45, 7) is -2.77. The molecular weight excluding hydrogens is 336 g/mol. The highest BCUT2D eigenvalue weighted by molar-refractivity contribution is 5.79. The van der Waals surface area contributed by atoms with E-state index in [1.807, 2.05) is 0 Å². The molecule has 0 saturated carbocycles. The molecule has 0 aliphatic carbocycles. The Hall–Kier alpha value is -3.63. The van der Waals surface area contributed by atoms with E-state index in [2.05, 4.69) is 25.1 Å². The van der Waals surface area contributed by atoms with Gasteiger partial charge < -0.3 is 4.98 Å². The third-order valence-electron chi connectivity index (χ3n) is 3.57. The number of alkyl halides is 2. The number of nitrogens with zero attached hydrogens (tertiary/aromatic N) is 5. The predicted molar refractivity (Wildman–Crippen MR) is 82.1 cm³/mol. The van der Waals surface area contributed by atoms with Crippen LogP contribution in [-0.2, 0) is 0 Å². The molecule has 0 unspecified atom stereocenters. The van der Waals surface area contributed by atoms with Crippen molar-refractivity contribution in [3.8, 4) is 22.4 Å². The Kier molecular flexibility index (Phi) is 3.27. The molecule has 0 atom stereocenters. The van der Waals surface area contributed by atoms with E-state index in [1.165, 1.54) is 35.4 Å². The van der Waals surface area contributed by atoms with Crippen molar-refractivity contribution in [2.75, 3.05) is 0 Å². The molecule has 4 rings (SSSR count). The van der Waals surface area contributed by atoms with Gasteiger partial charge in [0.2, 0.25) is 0 Å². The number of imidazole rings is 1. The highest BCUT2D eigenvalue weighted by Gasteiger charge is 2.16. The fourth-order valence-corrected chi connectivity index (χ4v) is 2.44. The quantitative estimate of drug-likeness (QED) is 0.576. The van der Waals surface area contributed by atoms with E-state index in [0.29, 0.717) is 21.5 Å². The molecule has 4 aromatic rings. The highest BCUT2D eigenvalue weighted by atomic mass is 19.3. The van der Waals surface area contributed by atoms with Gasteiger partial charge in [0.25, 0.3) is 5.56 Å². The summed E-state index contributed by atoms with van der Waals surface area (Å²) in [6.07, 6.45) is 6.73. The molecule has 0 fully saturated rings. The van der Waals surface area contributed by atoms with E-state index >= 15 is 0 Å². The minimum Gasteiger partial charge on any atom is -0.313 e. The minimum absolute atomic E-state index is 0.123. The number of aromatic amines is 2. The predicted octanol–water partition coefficient (Wildman–Crippen LogP) is 1.03. The van der Waals surface area contributed by atoms with E-state index in [-0.39, 0.29) is 11.3 Å². The summed E-state index contributed by atoms with van der Waals surface area (Å²) < 4.78 is 27.5. The maximum atomic E-state index is 12.8. The Labute approximate surface area is 136 Å². The van der Waals surface area contributed by atoms with Crippen LogP contribution in [0.3, 0.4) is 0 Å². The van der Waals surface area contributed by atoms with Gasteiger partial charge in [-0.15, -0.1) is 0 Å². The topological polar surface area (TPSA) is 114 Å². The van der Waals surface area contributed by atoms with Crippen molar-refractivity contribution in [1.82, 2.24) is 34.3 Å². The number of halogens is 2. The summed E-state index contributed by atoms with van der Waals surface area (Å²) in [6, 6.07) is 1.53. The van der Waals surface area contributed by atoms with Crippen LogP contribution < -0.4 is 11.2 Å². The second-order valence-corrected chi connectivity index (χ2v) is 5.11. The maximum Gasteiger partial charge on any atom is 0.333 e. The molecular formula is C14H9F2N7O2. The molecule has 9 nitrogen and oxygen atoms in total. The third-order valence-corrected chi connectivity index (χ3v) is 3.57. The van der Waals surface area contributed by atoms with E-state index in [1.54, 1.807) is 6.20 Å². The van der Waals surface area contributed by atoms with Gasteiger partial charge in [-0.05, 0) is 6.07 Å². The minimum atomic E-state index is -2.77. The number of rotatable bonds is 3. The van der Waals surface area contributed by atoms with Gasteiger partial charge in [0.1, 0.15) is 0 Å². The monoisotopic (exact) mass is 345 g/mol. The van der Waals surface area contributed by atoms with E-state index < -0.39 is 17.8 Å². The molecule has 0 aliphatic heterocycles. The molecule has 11 heteroatoms. The fraction of sp³-hybridized carbons (Fsp3) is 0.0714. The first-order chi connectivity index (χ1) is 12.0. The summed E-state index contributed by atoms with van der Waals surface area (Å²) in [4.78, 5) is 31.8. The normalized spacial score (nSPS) is 11.5. The van der Waals surface area contributed by atoms with Crippen molar-refractivity contribution < 1.29 is 8.78 Å². The summed E-state index contributed by atoms with van der Waals surface area (Å²) >= 11 is 0. The zero-order valence-electron chi connectivity index (χ0n) is 12.3. The highest BCUT2D eigenvalue weighted by Crippen LogP contribution is 2.27. The summed E-state index contributed by atoms with van der Waals surface area (Å²) in [5.41, 5.74) is 0.369. The van der Waals surface area contributed by atoms with Crippen LogP contribution in [-0.4, -0.2) is 34.3 Å². The first kappa shape index (κ1) is 14.9. The number of hydrogen-bond acceptors (Lipinski definition) is 5. The Morgan fingerprint density at radius 1 is 1.20 bits per heavy atom. The molecule has 0 bridgehead atoms. The summed E-state index contributed by atoms with van der Waals surface area (Å²) in [7, 11) is 0.